The Balaban J connectivity index is 1.62. The topological polar surface area (TPSA) is 50.4 Å². The van der Waals surface area contributed by atoms with Gasteiger partial charge in [0.05, 0.1) is 12.7 Å². The molecule has 2 fully saturated rings. The molecule has 80 valence electrons. The minimum absolute atomic E-state index is 0.160. The third-order valence-electron chi connectivity index (χ3n) is 2.98. The summed E-state index contributed by atoms with van der Waals surface area (Å²) in [5, 5.41) is 6.19. The summed E-state index contributed by atoms with van der Waals surface area (Å²) in [6.45, 7) is 3.18. The molecule has 2 aliphatic rings. The van der Waals surface area contributed by atoms with Gasteiger partial charge in [-0.05, 0) is 12.8 Å². The van der Waals surface area contributed by atoms with E-state index in [-0.39, 0.29) is 17.9 Å². The zero-order valence-corrected chi connectivity index (χ0v) is 8.42. The maximum atomic E-state index is 11.5. The van der Waals surface area contributed by atoms with Crippen LogP contribution in [0.25, 0.3) is 0 Å². The lowest BCUT2D eigenvalue weighted by Crippen LogP contribution is -2.46. The van der Waals surface area contributed by atoms with Gasteiger partial charge in [-0.3, -0.25) is 4.79 Å². The van der Waals surface area contributed by atoms with E-state index in [1.807, 2.05) is 0 Å². The SMILES string of the molecule is O=C(NCC1CNCCO1)C1CCC1. The third kappa shape index (κ3) is 2.45. The maximum absolute atomic E-state index is 11.5. The van der Waals surface area contributed by atoms with Crippen LogP contribution in [0, 0.1) is 5.92 Å². The molecule has 2 N–H and O–H groups in total. The second kappa shape index (κ2) is 4.75. The van der Waals surface area contributed by atoms with Crippen molar-refractivity contribution < 1.29 is 9.53 Å². The first kappa shape index (κ1) is 9.93. The molecule has 0 aromatic rings. The lowest BCUT2D eigenvalue weighted by Gasteiger charge is -2.27. The van der Waals surface area contributed by atoms with Crippen LogP contribution in [-0.2, 0) is 9.53 Å². The molecule has 1 aliphatic heterocycles. The number of hydrogen-bond donors (Lipinski definition) is 2. The highest BCUT2D eigenvalue weighted by atomic mass is 16.5. The van der Waals surface area contributed by atoms with E-state index < -0.39 is 0 Å². The summed E-state index contributed by atoms with van der Waals surface area (Å²) < 4.78 is 5.48. The molecular formula is C10H18N2O2. The Hall–Kier alpha value is -0.610. The standard InChI is InChI=1S/C10H18N2O2/c13-10(8-2-1-3-8)12-7-9-6-11-4-5-14-9/h8-9,11H,1-7H2,(H,12,13). The Labute approximate surface area is 84.4 Å². The number of nitrogens with one attached hydrogen (secondary N) is 2. The van der Waals surface area contributed by atoms with Gasteiger partial charge >= 0.3 is 0 Å². The van der Waals surface area contributed by atoms with Crippen LogP contribution in [0.15, 0.2) is 0 Å². The molecule has 1 saturated carbocycles. The van der Waals surface area contributed by atoms with Crippen LogP contribution < -0.4 is 10.6 Å². The molecule has 2 rings (SSSR count). The first-order valence-corrected chi connectivity index (χ1v) is 5.46. The summed E-state index contributed by atoms with van der Waals surface area (Å²) in [6.07, 6.45) is 3.50. The molecule has 1 heterocycles. The van der Waals surface area contributed by atoms with Crippen molar-refractivity contribution in [2.75, 3.05) is 26.2 Å². The Morgan fingerprint density at radius 2 is 2.36 bits per heavy atom. The second-order valence-electron chi connectivity index (χ2n) is 4.07. The van der Waals surface area contributed by atoms with Gasteiger partial charge < -0.3 is 15.4 Å². The van der Waals surface area contributed by atoms with Crippen molar-refractivity contribution >= 4 is 5.91 Å². The molecule has 0 radical (unpaired) electrons. The molecule has 1 amide bonds. The van der Waals surface area contributed by atoms with Crippen LogP contribution >= 0.6 is 0 Å². The van der Waals surface area contributed by atoms with E-state index >= 15 is 0 Å². The first-order chi connectivity index (χ1) is 6.86. The first-order valence-electron chi connectivity index (χ1n) is 5.46. The second-order valence-corrected chi connectivity index (χ2v) is 4.07. The predicted octanol–water partition coefficient (Wildman–Crippen LogP) is -0.109. The third-order valence-corrected chi connectivity index (χ3v) is 2.98. The molecule has 1 unspecified atom stereocenters. The van der Waals surface area contributed by atoms with E-state index in [0.29, 0.717) is 6.54 Å². The molecule has 1 aliphatic carbocycles. The molecule has 1 saturated heterocycles. The van der Waals surface area contributed by atoms with Gasteiger partial charge in [-0.2, -0.15) is 0 Å². The fourth-order valence-corrected chi connectivity index (χ4v) is 1.78. The summed E-state index contributed by atoms with van der Waals surface area (Å²) in [6, 6.07) is 0. The molecule has 4 nitrogen and oxygen atoms in total. The number of rotatable bonds is 3. The van der Waals surface area contributed by atoms with Crippen molar-refractivity contribution in [2.45, 2.75) is 25.4 Å². The Bertz CT molecular complexity index is 198. The minimum atomic E-state index is 0.160. The lowest BCUT2D eigenvalue weighted by molar-refractivity contribution is -0.128. The zero-order valence-electron chi connectivity index (χ0n) is 8.42. The van der Waals surface area contributed by atoms with Gasteiger partial charge in [0, 0.05) is 25.6 Å². The highest BCUT2D eigenvalue weighted by Gasteiger charge is 2.25. The summed E-state index contributed by atoms with van der Waals surface area (Å²) in [4.78, 5) is 11.5. The van der Waals surface area contributed by atoms with Gasteiger partial charge in [0.2, 0.25) is 5.91 Å². The molecule has 0 bridgehead atoms. The fourth-order valence-electron chi connectivity index (χ4n) is 1.78. The van der Waals surface area contributed by atoms with Crippen molar-refractivity contribution in [3.8, 4) is 0 Å². The summed E-state index contributed by atoms with van der Waals surface area (Å²) >= 11 is 0. The van der Waals surface area contributed by atoms with Crippen LogP contribution in [0.5, 0.6) is 0 Å². The Kier molecular flexibility index (Phi) is 3.37. The molecule has 14 heavy (non-hydrogen) atoms. The van der Waals surface area contributed by atoms with E-state index in [9.17, 15) is 4.79 Å². The average molecular weight is 198 g/mol. The Morgan fingerprint density at radius 3 is 2.93 bits per heavy atom. The van der Waals surface area contributed by atoms with Crippen LogP contribution in [0.1, 0.15) is 19.3 Å². The van der Waals surface area contributed by atoms with Crippen LogP contribution in [0.2, 0.25) is 0 Å². The van der Waals surface area contributed by atoms with Crippen LogP contribution in [-0.4, -0.2) is 38.3 Å². The van der Waals surface area contributed by atoms with Crippen molar-refractivity contribution in [3.63, 3.8) is 0 Å². The van der Waals surface area contributed by atoms with E-state index in [1.165, 1.54) is 6.42 Å². The van der Waals surface area contributed by atoms with Crippen molar-refractivity contribution in [1.29, 1.82) is 0 Å². The van der Waals surface area contributed by atoms with Crippen LogP contribution in [0.4, 0.5) is 0 Å². The number of ether oxygens (including phenoxy) is 1. The van der Waals surface area contributed by atoms with Crippen molar-refractivity contribution in [1.82, 2.24) is 10.6 Å². The highest BCUT2D eigenvalue weighted by Crippen LogP contribution is 2.26. The van der Waals surface area contributed by atoms with Gasteiger partial charge in [-0.15, -0.1) is 0 Å². The van der Waals surface area contributed by atoms with Gasteiger partial charge in [0.1, 0.15) is 0 Å². The molecule has 0 spiro atoms. The fraction of sp³-hybridized carbons (Fsp3) is 0.900. The number of carbonyl (C=O) groups excluding carboxylic acids is 1. The normalized spacial score (nSPS) is 28.1. The number of amides is 1. The van der Waals surface area contributed by atoms with Crippen molar-refractivity contribution in [2.24, 2.45) is 5.92 Å². The van der Waals surface area contributed by atoms with Gasteiger partial charge in [-0.1, -0.05) is 6.42 Å². The lowest BCUT2D eigenvalue weighted by atomic mass is 9.85. The zero-order chi connectivity index (χ0) is 9.80. The summed E-state index contributed by atoms with van der Waals surface area (Å²) in [5.41, 5.74) is 0. The molecule has 0 aromatic heterocycles. The highest BCUT2D eigenvalue weighted by molar-refractivity contribution is 5.79. The Morgan fingerprint density at radius 1 is 1.50 bits per heavy atom. The van der Waals surface area contributed by atoms with Gasteiger partial charge in [0.15, 0.2) is 0 Å². The number of hydrogen-bond acceptors (Lipinski definition) is 3. The number of morpholine rings is 1. The van der Waals surface area contributed by atoms with E-state index in [4.69, 9.17) is 4.74 Å². The van der Waals surface area contributed by atoms with E-state index in [2.05, 4.69) is 10.6 Å². The van der Waals surface area contributed by atoms with Gasteiger partial charge in [-0.25, -0.2) is 0 Å². The van der Waals surface area contributed by atoms with Crippen molar-refractivity contribution in [3.05, 3.63) is 0 Å². The molecule has 1 atom stereocenters. The van der Waals surface area contributed by atoms with Crippen LogP contribution in [0.3, 0.4) is 0 Å². The molecule has 4 heteroatoms. The average Bonchev–Trinajstić information content (AvgIpc) is 2.14. The predicted molar refractivity (Wildman–Crippen MR) is 53.0 cm³/mol. The summed E-state index contributed by atoms with van der Waals surface area (Å²) in [7, 11) is 0. The minimum Gasteiger partial charge on any atom is -0.374 e. The maximum Gasteiger partial charge on any atom is 0.223 e. The van der Waals surface area contributed by atoms with E-state index in [0.717, 1.165) is 32.5 Å². The smallest absolute Gasteiger partial charge is 0.223 e. The number of carbonyl (C=O) groups is 1. The molecular weight excluding hydrogens is 180 g/mol. The largest absolute Gasteiger partial charge is 0.374 e. The summed E-state index contributed by atoms with van der Waals surface area (Å²) in [5.74, 6) is 0.497. The van der Waals surface area contributed by atoms with E-state index in [1.54, 1.807) is 0 Å². The molecule has 0 aromatic carbocycles. The quantitative estimate of drug-likeness (QED) is 0.665. The monoisotopic (exact) mass is 198 g/mol. The van der Waals surface area contributed by atoms with Gasteiger partial charge in [0.25, 0.3) is 0 Å².